The van der Waals surface area contributed by atoms with Crippen LogP contribution in [0.5, 0.6) is 0 Å². The van der Waals surface area contributed by atoms with Crippen molar-refractivity contribution in [2.75, 3.05) is 11.4 Å². The molecule has 0 fully saturated rings. The first kappa shape index (κ1) is 13.1. The molecule has 98 valence electrons. The Morgan fingerprint density at radius 2 is 2.11 bits per heavy atom. The Morgan fingerprint density at radius 3 is 2.89 bits per heavy atom. The molecule has 1 N–H and O–H groups in total. The van der Waals surface area contributed by atoms with Crippen molar-refractivity contribution in [3.63, 3.8) is 0 Å². The Kier molecular flexibility index (Phi) is 4.37. The molecule has 1 aliphatic heterocycles. The van der Waals surface area contributed by atoms with Crippen LogP contribution in [0, 0.1) is 0 Å². The third kappa shape index (κ3) is 3.10. The molecule has 1 aromatic rings. The Morgan fingerprint density at radius 1 is 1.33 bits per heavy atom. The lowest BCUT2D eigenvalue weighted by atomic mass is 10.1. The van der Waals surface area contributed by atoms with Gasteiger partial charge in [0.05, 0.1) is 6.10 Å². The second kappa shape index (κ2) is 6.01. The van der Waals surface area contributed by atoms with Crippen LogP contribution in [0.4, 0.5) is 5.69 Å². The molecule has 2 rings (SSSR count). The van der Waals surface area contributed by atoms with Gasteiger partial charge in [-0.15, -0.1) is 0 Å². The van der Waals surface area contributed by atoms with Crippen molar-refractivity contribution in [3.8, 4) is 0 Å². The Bertz CT molecular complexity index is 415. The van der Waals surface area contributed by atoms with Crippen molar-refractivity contribution in [1.29, 1.82) is 0 Å². The zero-order chi connectivity index (χ0) is 13.0. The van der Waals surface area contributed by atoms with Crippen LogP contribution in [-0.4, -0.2) is 23.7 Å². The molecule has 0 spiro atoms. The summed E-state index contributed by atoms with van der Waals surface area (Å²) in [6.45, 7) is 2.50. The van der Waals surface area contributed by atoms with Crippen LogP contribution in [0.25, 0.3) is 0 Å². The molecule has 3 nitrogen and oxygen atoms in total. The van der Waals surface area contributed by atoms with E-state index in [2.05, 4.69) is 6.07 Å². The van der Waals surface area contributed by atoms with Crippen LogP contribution in [0.3, 0.4) is 0 Å². The number of hydrogen-bond donors (Lipinski definition) is 1. The second-order valence-electron chi connectivity index (χ2n) is 5.02. The van der Waals surface area contributed by atoms with E-state index < -0.39 is 0 Å². The first-order valence-electron chi connectivity index (χ1n) is 6.75. The van der Waals surface area contributed by atoms with Crippen molar-refractivity contribution in [2.24, 2.45) is 0 Å². The molecule has 1 aromatic carbocycles. The van der Waals surface area contributed by atoms with Gasteiger partial charge in [0.2, 0.25) is 5.91 Å². The lowest BCUT2D eigenvalue weighted by Crippen LogP contribution is -2.31. The minimum absolute atomic E-state index is 0.213. The molecular formula is C15H21NO2. The number of fused-ring (bicyclic) bond motifs is 1. The topological polar surface area (TPSA) is 40.5 Å². The normalized spacial score (nSPS) is 17.2. The molecule has 1 amide bonds. The molecule has 0 aliphatic carbocycles. The number of carbonyl (C=O) groups excluding carboxylic acids is 1. The number of anilines is 1. The van der Waals surface area contributed by atoms with Gasteiger partial charge >= 0.3 is 0 Å². The highest BCUT2D eigenvalue weighted by molar-refractivity contribution is 5.94. The van der Waals surface area contributed by atoms with Crippen LogP contribution in [0.15, 0.2) is 24.3 Å². The van der Waals surface area contributed by atoms with Crippen LogP contribution < -0.4 is 4.90 Å². The zero-order valence-electron chi connectivity index (χ0n) is 10.9. The number of amides is 1. The van der Waals surface area contributed by atoms with Crippen LogP contribution in [-0.2, 0) is 11.2 Å². The number of benzene rings is 1. The summed E-state index contributed by atoms with van der Waals surface area (Å²) in [7, 11) is 0. The Balaban J connectivity index is 2.13. The van der Waals surface area contributed by atoms with E-state index in [4.69, 9.17) is 0 Å². The van der Waals surface area contributed by atoms with Crippen LogP contribution in [0.2, 0.25) is 0 Å². The summed E-state index contributed by atoms with van der Waals surface area (Å²) in [6.07, 6.45) is 3.84. The van der Waals surface area contributed by atoms with Crippen molar-refractivity contribution in [3.05, 3.63) is 29.8 Å². The van der Waals surface area contributed by atoms with Crippen molar-refractivity contribution >= 4 is 11.6 Å². The van der Waals surface area contributed by atoms with Crippen molar-refractivity contribution < 1.29 is 9.90 Å². The van der Waals surface area contributed by atoms with E-state index in [1.54, 1.807) is 6.92 Å². The van der Waals surface area contributed by atoms with Gasteiger partial charge in [0, 0.05) is 18.7 Å². The average Bonchev–Trinajstić information content (AvgIpc) is 2.49. The number of para-hydroxylation sites is 1. The van der Waals surface area contributed by atoms with E-state index in [0.29, 0.717) is 13.0 Å². The number of carbonyl (C=O) groups is 1. The molecular weight excluding hydrogens is 226 g/mol. The van der Waals surface area contributed by atoms with Gasteiger partial charge in [-0.3, -0.25) is 4.79 Å². The average molecular weight is 247 g/mol. The van der Waals surface area contributed by atoms with E-state index in [1.165, 1.54) is 5.56 Å². The SMILES string of the molecule is CC(O)CCCN1C(=O)CCCc2ccccc21. The van der Waals surface area contributed by atoms with E-state index in [9.17, 15) is 9.90 Å². The lowest BCUT2D eigenvalue weighted by molar-refractivity contribution is -0.118. The van der Waals surface area contributed by atoms with E-state index in [-0.39, 0.29) is 12.0 Å². The van der Waals surface area contributed by atoms with Gasteiger partial charge in [-0.05, 0) is 44.2 Å². The third-order valence-corrected chi connectivity index (χ3v) is 3.42. The summed E-state index contributed by atoms with van der Waals surface area (Å²) < 4.78 is 0. The van der Waals surface area contributed by atoms with Gasteiger partial charge < -0.3 is 10.0 Å². The number of aliphatic hydroxyl groups excluding tert-OH is 1. The van der Waals surface area contributed by atoms with Gasteiger partial charge in [0.1, 0.15) is 0 Å². The highest BCUT2D eigenvalue weighted by Crippen LogP contribution is 2.27. The lowest BCUT2D eigenvalue weighted by Gasteiger charge is -2.23. The van der Waals surface area contributed by atoms with Crippen molar-refractivity contribution in [1.82, 2.24) is 0 Å². The fourth-order valence-corrected chi connectivity index (χ4v) is 2.47. The van der Waals surface area contributed by atoms with Crippen molar-refractivity contribution in [2.45, 2.75) is 45.1 Å². The zero-order valence-corrected chi connectivity index (χ0v) is 10.9. The molecule has 0 saturated carbocycles. The van der Waals surface area contributed by atoms with E-state index >= 15 is 0 Å². The Hall–Kier alpha value is -1.35. The van der Waals surface area contributed by atoms with Gasteiger partial charge in [-0.1, -0.05) is 18.2 Å². The van der Waals surface area contributed by atoms with Gasteiger partial charge in [0.25, 0.3) is 0 Å². The number of aryl methyl sites for hydroxylation is 1. The highest BCUT2D eigenvalue weighted by Gasteiger charge is 2.21. The summed E-state index contributed by atoms with van der Waals surface area (Å²) >= 11 is 0. The monoisotopic (exact) mass is 247 g/mol. The second-order valence-corrected chi connectivity index (χ2v) is 5.02. The summed E-state index contributed by atoms with van der Waals surface area (Å²) in [4.78, 5) is 14.0. The molecule has 0 bridgehead atoms. The fraction of sp³-hybridized carbons (Fsp3) is 0.533. The molecule has 0 radical (unpaired) electrons. The largest absolute Gasteiger partial charge is 0.393 e. The van der Waals surface area contributed by atoms with Crippen LogP contribution in [0.1, 0.15) is 38.2 Å². The highest BCUT2D eigenvalue weighted by atomic mass is 16.3. The molecule has 1 atom stereocenters. The standard InChI is InChI=1S/C15H21NO2/c1-12(17)6-5-11-16-14-9-3-2-7-13(14)8-4-10-15(16)18/h2-3,7,9,12,17H,4-6,8,10-11H2,1H3. The quantitative estimate of drug-likeness (QED) is 0.888. The number of hydrogen-bond acceptors (Lipinski definition) is 2. The molecule has 1 heterocycles. The number of nitrogens with zero attached hydrogens (tertiary/aromatic N) is 1. The number of rotatable bonds is 4. The molecule has 0 aromatic heterocycles. The van der Waals surface area contributed by atoms with Gasteiger partial charge in [-0.2, -0.15) is 0 Å². The molecule has 0 saturated heterocycles. The summed E-state index contributed by atoms with van der Waals surface area (Å²) in [5, 5.41) is 9.30. The minimum Gasteiger partial charge on any atom is -0.393 e. The van der Waals surface area contributed by atoms with Gasteiger partial charge in [0.15, 0.2) is 0 Å². The summed E-state index contributed by atoms with van der Waals surface area (Å²) in [6, 6.07) is 8.15. The first-order chi connectivity index (χ1) is 8.68. The van der Waals surface area contributed by atoms with Crippen LogP contribution >= 0.6 is 0 Å². The summed E-state index contributed by atoms with van der Waals surface area (Å²) in [5.41, 5.74) is 2.32. The predicted octanol–water partition coefficient (Wildman–Crippen LogP) is 2.52. The molecule has 1 aliphatic rings. The van der Waals surface area contributed by atoms with Gasteiger partial charge in [-0.25, -0.2) is 0 Å². The maximum Gasteiger partial charge on any atom is 0.226 e. The third-order valence-electron chi connectivity index (χ3n) is 3.42. The fourth-order valence-electron chi connectivity index (χ4n) is 2.47. The first-order valence-corrected chi connectivity index (χ1v) is 6.75. The maximum absolute atomic E-state index is 12.1. The minimum atomic E-state index is -0.290. The predicted molar refractivity (Wildman–Crippen MR) is 72.6 cm³/mol. The van der Waals surface area contributed by atoms with E-state index in [0.717, 1.165) is 31.4 Å². The maximum atomic E-state index is 12.1. The Labute approximate surface area is 108 Å². The smallest absolute Gasteiger partial charge is 0.226 e. The number of aliphatic hydroxyl groups is 1. The molecule has 18 heavy (non-hydrogen) atoms. The molecule has 3 heteroatoms. The summed E-state index contributed by atoms with van der Waals surface area (Å²) in [5.74, 6) is 0.213. The van der Waals surface area contributed by atoms with E-state index in [1.807, 2.05) is 23.1 Å². The molecule has 1 unspecified atom stereocenters.